The minimum absolute atomic E-state index is 0.519. The molecule has 2 N–H and O–H groups in total. The largest absolute Gasteiger partial charge is 0.294 e. The van der Waals surface area contributed by atoms with Crippen molar-refractivity contribution in [1.29, 1.82) is 0 Å². The van der Waals surface area contributed by atoms with Crippen LogP contribution in [0.25, 0.3) is 6.08 Å². The van der Waals surface area contributed by atoms with E-state index < -0.39 is 5.91 Å². The molecule has 23 heavy (non-hydrogen) atoms. The quantitative estimate of drug-likeness (QED) is 0.507. The summed E-state index contributed by atoms with van der Waals surface area (Å²) in [5.74, 6) is -0.519. The molecule has 0 saturated carbocycles. The third kappa shape index (κ3) is 4.06. The van der Waals surface area contributed by atoms with Crippen LogP contribution in [0.4, 0.5) is 0 Å². The summed E-state index contributed by atoms with van der Waals surface area (Å²) in [4.78, 5) is 13.5. The van der Waals surface area contributed by atoms with Crippen molar-refractivity contribution in [2.45, 2.75) is 19.5 Å². The van der Waals surface area contributed by atoms with E-state index in [2.05, 4.69) is 41.3 Å². The number of nitrogens with one attached hydrogen (secondary N) is 1. The Morgan fingerprint density at radius 1 is 1.13 bits per heavy atom. The van der Waals surface area contributed by atoms with Gasteiger partial charge in [-0.2, -0.15) is 0 Å². The van der Waals surface area contributed by atoms with Crippen molar-refractivity contribution in [3.63, 3.8) is 0 Å². The molecular weight excluding hydrogens is 288 g/mol. The third-order valence-corrected chi connectivity index (χ3v) is 4.12. The van der Waals surface area contributed by atoms with Crippen LogP contribution in [-0.4, -0.2) is 22.6 Å². The molecule has 3 rings (SSSR count). The second kappa shape index (κ2) is 7.22. The Morgan fingerprint density at radius 3 is 2.70 bits per heavy atom. The van der Waals surface area contributed by atoms with Gasteiger partial charge in [-0.25, -0.2) is 5.48 Å². The maximum Gasteiger partial charge on any atom is 0.267 e. The summed E-state index contributed by atoms with van der Waals surface area (Å²) >= 11 is 0. The van der Waals surface area contributed by atoms with Gasteiger partial charge in [-0.15, -0.1) is 0 Å². The molecule has 4 heteroatoms. The van der Waals surface area contributed by atoms with Gasteiger partial charge in [0.25, 0.3) is 5.91 Å². The second-order valence-corrected chi connectivity index (χ2v) is 5.78. The summed E-state index contributed by atoms with van der Waals surface area (Å²) in [5, 5.41) is 8.50. The smallest absolute Gasteiger partial charge is 0.267 e. The number of nitrogens with zero attached hydrogens (tertiary/aromatic N) is 1. The molecule has 0 radical (unpaired) electrons. The molecule has 1 aliphatic heterocycles. The molecule has 4 nitrogen and oxygen atoms in total. The van der Waals surface area contributed by atoms with Crippen molar-refractivity contribution in [3.8, 4) is 0 Å². The van der Waals surface area contributed by atoms with Gasteiger partial charge in [-0.3, -0.25) is 14.9 Å². The number of carbonyl (C=O) groups is 1. The van der Waals surface area contributed by atoms with Crippen molar-refractivity contribution < 1.29 is 10.0 Å². The average Bonchev–Trinajstić information content (AvgIpc) is 3.01. The Balaban J connectivity index is 1.60. The Labute approximate surface area is 136 Å². The highest BCUT2D eigenvalue weighted by atomic mass is 16.5. The number of hydroxylamine groups is 1. The van der Waals surface area contributed by atoms with E-state index in [-0.39, 0.29) is 0 Å². The van der Waals surface area contributed by atoms with Crippen LogP contribution in [0.1, 0.15) is 22.3 Å². The van der Waals surface area contributed by atoms with Gasteiger partial charge < -0.3 is 0 Å². The molecule has 118 valence electrons. The zero-order valence-corrected chi connectivity index (χ0v) is 12.9. The first-order valence-corrected chi connectivity index (χ1v) is 7.75. The molecule has 1 aliphatic rings. The second-order valence-electron chi connectivity index (χ2n) is 5.78. The van der Waals surface area contributed by atoms with E-state index in [1.807, 2.05) is 12.1 Å². The van der Waals surface area contributed by atoms with Crippen molar-refractivity contribution in [1.82, 2.24) is 10.4 Å². The molecule has 0 aromatic heterocycles. The summed E-state index contributed by atoms with van der Waals surface area (Å²) < 4.78 is 0. The summed E-state index contributed by atoms with van der Waals surface area (Å²) in [7, 11) is 0. The van der Waals surface area contributed by atoms with Crippen LogP contribution in [0.3, 0.4) is 0 Å². The van der Waals surface area contributed by atoms with Crippen LogP contribution < -0.4 is 5.48 Å². The minimum Gasteiger partial charge on any atom is -0.294 e. The van der Waals surface area contributed by atoms with Crippen LogP contribution in [0.15, 0.2) is 54.6 Å². The zero-order chi connectivity index (χ0) is 16.1. The van der Waals surface area contributed by atoms with Crippen molar-refractivity contribution in [3.05, 3.63) is 76.9 Å². The predicted molar refractivity (Wildman–Crippen MR) is 89.7 cm³/mol. The van der Waals surface area contributed by atoms with Crippen molar-refractivity contribution in [2.75, 3.05) is 6.54 Å². The lowest BCUT2D eigenvalue weighted by molar-refractivity contribution is -0.124. The van der Waals surface area contributed by atoms with Gasteiger partial charge in [-0.1, -0.05) is 48.5 Å². The van der Waals surface area contributed by atoms with Crippen LogP contribution in [-0.2, 0) is 24.3 Å². The average molecular weight is 308 g/mol. The first-order chi connectivity index (χ1) is 11.2. The summed E-state index contributed by atoms with van der Waals surface area (Å²) in [5.41, 5.74) is 6.58. The van der Waals surface area contributed by atoms with E-state index >= 15 is 0 Å². The predicted octanol–water partition coefficient (Wildman–Crippen LogP) is 2.76. The first kappa shape index (κ1) is 15.5. The standard InChI is InChI=1S/C19H20N2O2/c22-19(20-23)9-7-16-6-8-17-13-21(14-18(17)12-16)11-10-15-4-2-1-3-5-15/h1-9,12,23H,10-11,13-14H2,(H,20,22)/b9-7+. The number of fused-ring (bicyclic) bond motifs is 1. The van der Waals surface area contributed by atoms with Crippen LogP contribution in [0, 0.1) is 0 Å². The number of rotatable bonds is 5. The minimum atomic E-state index is -0.519. The van der Waals surface area contributed by atoms with E-state index in [9.17, 15) is 4.79 Å². The molecule has 2 aromatic rings. The number of hydrogen-bond acceptors (Lipinski definition) is 3. The van der Waals surface area contributed by atoms with Gasteiger partial charge in [0.2, 0.25) is 0 Å². The van der Waals surface area contributed by atoms with Crippen molar-refractivity contribution >= 4 is 12.0 Å². The number of amides is 1. The summed E-state index contributed by atoms with van der Waals surface area (Å²) in [6.45, 7) is 2.95. The maximum atomic E-state index is 11.0. The fraction of sp³-hybridized carbons (Fsp3) is 0.211. The fourth-order valence-electron chi connectivity index (χ4n) is 2.89. The Bertz CT molecular complexity index is 711. The number of benzene rings is 2. The topological polar surface area (TPSA) is 52.6 Å². The summed E-state index contributed by atoms with van der Waals surface area (Å²) in [6, 6.07) is 16.8. The van der Waals surface area contributed by atoms with Gasteiger partial charge in [0, 0.05) is 25.7 Å². The zero-order valence-electron chi connectivity index (χ0n) is 12.9. The molecule has 0 bridgehead atoms. The highest BCUT2D eigenvalue weighted by Crippen LogP contribution is 2.24. The lowest BCUT2D eigenvalue weighted by Gasteiger charge is -2.14. The van der Waals surface area contributed by atoms with Gasteiger partial charge in [0.05, 0.1) is 0 Å². The van der Waals surface area contributed by atoms with Crippen molar-refractivity contribution in [2.24, 2.45) is 0 Å². The highest BCUT2D eigenvalue weighted by Gasteiger charge is 2.18. The fourth-order valence-corrected chi connectivity index (χ4v) is 2.89. The van der Waals surface area contributed by atoms with Gasteiger partial charge in [-0.05, 0) is 34.8 Å². The molecule has 2 aromatic carbocycles. The molecule has 1 heterocycles. The van der Waals surface area contributed by atoms with E-state index in [1.165, 1.54) is 22.8 Å². The third-order valence-electron chi connectivity index (χ3n) is 4.12. The molecular formula is C19H20N2O2. The van der Waals surface area contributed by atoms with E-state index in [0.717, 1.165) is 31.6 Å². The Hall–Kier alpha value is -2.43. The molecule has 0 unspecified atom stereocenters. The molecule has 1 amide bonds. The van der Waals surface area contributed by atoms with Gasteiger partial charge >= 0.3 is 0 Å². The highest BCUT2D eigenvalue weighted by molar-refractivity contribution is 5.90. The first-order valence-electron chi connectivity index (χ1n) is 7.75. The lowest BCUT2D eigenvalue weighted by Crippen LogP contribution is -2.19. The Kier molecular flexibility index (Phi) is 4.86. The van der Waals surface area contributed by atoms with Crippen LogP contribution >= 0.6 is 0 Å². The SMILES string of the molecule is O=C(/C=C/c1ccc2c(c1)CN(CCc1ccccc1)C2)NO. The number of hydrogen-bond donors (Lipinski definition) is 2. The van der Waals surface area contributed by atoms with E-state index in [4.69, 9.17) is 5.21 Å². The van der Waals surface area contributed by atoms with Gasteiger partial charge in [0.15, 0.2) is 0 Å². The van der Waals surface area contributed by atoms with E-state index in [1.54, 1.807) is 11.6 Å². The van der Waals surface area contributed by atoms with Crippen LogP contribution in [0.2, 0.25) is 0 Å². The molecule has 0 atom stereocenters. The van der Waals surface area contributed by atoms with E-state index in [0.29, 0.717) is 0 Å². The molecule has 0 fully saturated rings. The lowest BCUT2D eigenvalue weighted by atomic mass is 10.1. The molecule has 0 saturated heterocycles. The van der Waals surface area contributed by atoms with Crippen LogP contribution in [0.5, 0.6) is 0 Å². The monoisotopic (exact) mass is 308 g/mol. The maximum absolute atomic E-state index is 11.0. The molecule has 0 aliphatic carbocycles. The summed E-state index contributed by atoms with van der Waals surface area (Å²) in [6.07, 6.45) is 4.08. The Morgan fingerprint density at radius 2 is 1.91 bits per heavy atom. The molecule has 0 spiro atoms. The number of carbonyl (C=O) groups excluding carboxylic acids is 1. The normalized spacial score (nSPS) is 14.1. The van der Waals surface area contributed by atoms with Gasteiger partial charge in [0.1, 0.15) is 0 Å².